The number of aromatic amines is 1. The second kappa shape index (κ2) is 10.9. The van der Waals surface area contributed by atoms with E-state index in [2.05, 4.69) is 20.5 Å². The second-order valence-corrected chi connectivity index (χ2v) is 8.22. The van der Waals surface area contributed by atoms with Gasteiger partial charge in [-0.3, -0.25) is 24.5 Å². The number of fused-ring (bicyclic) bond motifs is 1. The summed E-state index contributed by atoms with van der Waals surface area (Å²) in [6.07, 6.45) is 1.20. The molecule has 0 fully saturated rings. The lowest BCUT2D eigenvalue weighted by Gasteiger charge is -2.15. The number of H-pyrrole nitrogens is 1. The number of benzene rings is 2. The number of anilines is 1. The molecule has 13 heteroatoms. The van der Waals surface area contributed by atoms with Crippen LogP contribution in [0.25, 0.3) is 11.2 Å². The molecule has 0 radical (unpaired) electrons. The first-order chi connectivity index (χ1) is 17.8. The molecule has 0 spiro atoms. The van der Waals surface area contributed by atoms with Crippen LogP contribution in [0.3, 0.4) is 0 Å². The number of aromatic nitrogens is 4. The first-order valence-corrected chi connectivity index (χ1v) is 11.4. The van der Waals surface area contributed by atoms with Gasteiger partial charge in [0.1, 0.15) is 18.5 Å². The summed E-state index contributed by atoms with van der Waals surface area (Å²) >= 11 is 0. The van der Waals surface area contributed by atoms with E-state index in [1.165, 1.54) is 40.6 Å². The number of hydrazone groups is 1. The van der Waals surface area contributed by atoms with Crippen LogP contribution in [0.1, 0.15) is 18.1 Å². The summed E-state index contributed by atoms with van der Waals surface area (Å²) in [4.78, 5) is 41.7. The lowest BCUT2D eigenvalue weighted by Crippen LogP contribution is -2.30. The van der Waals surface area contributed by atoms with Gasteiger partial charge in [0.25, 0.3) is 11.2 Å². The number of aryl methyl sites for hydroxylation is 2. The average Bonchev–Trinajstić information content (AvgIpc) is 3.25. The molecule has 0 aliphatic heterocycles. The zero-order valence-electron chi connectivity index (χ0n) is 20.1. The number of non-ortho nitro benzene ring substituents is 1. The topological polar surface area (TPSA) is 170 Å². The van der Waals surface area contributed by atoms with Gasteiger partial charge in [0.15, 0.2) is 11.2 Å². The summed E-state index contributed by atoms with van der Waals surface area (Å²) in [5.74, 6) is 0.668. The molecule has 0 aliphatic carbocycles. The van der Waals surface area contributed by atoms with E-state index in [4.69, 9.17) is 4.74 Å². The number of nitro benzene ring substituents is 1. The monoisotopic (exact) mass is 507 g/mol. The number of hydrogen-bond acceptors (Lipinski definition) is 9. The van der Waals surface area contributed by atoms with Crippen LogP contribution in [0.4, 0.5) is 11.6 Å². The minimum Gasteiger partial charge on any atom is -0.491 e. The van der Waals surface area contributed by atoms with E-state index in [0.717, 1.165) is 12.0 Å². The molecule has 0 saturated carbocycles. The van der Waals surface area contributed by atoms with Gasteiger partial charge in [0.05, 0.1) is 17.7 Å². The Morgan fingerprint density at radius 2 is 2.03 bits per heavy atom. The molecule has 3 N–H and O–H groups in total. The van der Waals surface area contributed by atoms with Gasteiger partial charge >= 0.3 is 5.69 Å². The van der Waals surface area contributed by atoms with Crippen molar-refractivity contribution in [2.24, 2.45) is 12.1 Å². The Morgan fingerprint density at radius 3 is 2.73 bits per heavy atom. The number of nitro groups is 1. The highest BCUT2D eigenvalue weighted by atomic mass is 16.6. The first kappa shape index (κ1) is 25.3. The molecule has 13 nitrogen and oxygen atoms in total. The standard InChI is InChI=1S/C24H25N7O6/c1-3-15-7-9-19(10-8-15)37-14-18(32)13-30-20-21(29(2)24(34)27-22(20)33)26-23(30)28-25-12-16-5-4-6-17(11-16)31(35)36/h4-12,18,32H,3,13-14H2,1-2H3,(H,26,28)(H,27,33,34)/t18-/m1/s1. The Labute approximate surface area is 209 Å². The van der Waals surface area contributed by atoms with Crippen molar-refractivity contribution in [1.82, 2.24) is 19.1 Å². The summed E-state index contributed by atoms with van der Waals surface area (Å²) in [6.45, 7) is 1.89. The van der Waals surface area contributed by atoms with Gasteiger partial charge in [-0.1, -0.05) is 31.2 Å². The van der Waals surface area contributed by atoms with Crippen LogP contribution in [0, 0.1) is 10.1 Å². The van der Waals surface area contributed by atoms with Gasteiger partial charge < -0.3 is 14.4 Å². The van der Waals surface area contributed by atoms with Crippen LogP contribution in [-0.4, -0.2) is 48.1 Å². The fraction of sp³-hybridized carbons (Fsp3) is 0.250. The number of imidazole rings is 1. The van der Waals surface area contributed by atoms with E-state index in [9.17, 15) is 24.8 Å². The van der Waals surface area contributed by atoms with E-state index in [0.29, 0.717) is 11.3 Å². The maximum Gasteiger partial charge on any atom is 0.329 e. The van der Waals surface area contributed by atoms with Crippen molar-refractivity contribution in [3.8, 4) is 5.75 Å². The lowest BCUT2D eigenvalue weighted by atomic mass is 10.2. The summed E-state index contributed by atoms with van der Waals surface area (Å²) in [5, 5.41) is 25.8. The summed E-state index contributed by atoms with van der Waals surface area (Å²) in [5.41, 5.74) is 3.04. The summed E-state index contributed by atoms with van der Waals surface area (Å²) in [6, 6.07) is 13.4. The molecule has 2 aromatic carbocycles. The number of rotatable bonds is 10. The van der Waals surface area contributed by atoms with E-state index in [1.54, 1.807) is 6.07 Å². The van der Waals surface area contributed by atoms with Crippen molar-refractivity contribution in [3.63, 3.8) is 0 Å². The van der Waals surface area contributed by atoms with Crippen molar-refractivity contribution >= 4 is 29.0 Å². The third kappa shape index (κ3) is 5.73. The zero-order chi connectivity index (χ0) is 26.5. The van der Waals surface area contributed by atoms with Crippen LogP contribution >= 0.6 is 0 Å². The predicted molar refractivity (Wildman–Crippen MR) is 137 cm³/mol. The molecule has 0 bridgehead atoms. The van der Waals surface area contributed by atoms with E-state index in [1.807, 2.05) is 31.2 Å². The van der Waals surface area contributed by atoms with Crippen LogP contribution in [-0.2, 0) is 20.0 Å². The van der Waals surface area contributed by atoms with Gasteiger partial charge in [-0.15, -0.1) is 0 Å². The number of aliphatic hydroxyl groups excluding tert-OH is 1. The Morgan fingerprint density at radius 1 is 1.27 bits per heavy atom. The third-order valence-electron chi connectivity index (χ3n) is 5.63. The fourth-order valence-electron chi connectivity index (χ4n) is 3.66. The maximum atomic E-state index is 12.6. The second-order valence-electron chi connectivity index (χ2n) is 8.22. The highest BCUT2D eigenvalue weighted by Gasteiger charge is 2.20. The summed E-state index contributed by atoms with van der Waals surface area (Å²) < 4.78 is 8.24. The normalized spacial score (nSPS) is 12.2. The molecular weight excluding hydrogens is 482 g/mol. The highest BCUT2D eigenvalue weighted by Crippen LogP contribution is 2.18. The largest absolute Gasteiger partial charge is 0.491 e. The van der Waals surface area contributed by atoms with E-state index >= 15 is 0 Å². The molecule has 0 amide bonds. The molecule has 0 unspecified atom stereocenters. The third-order valence-corrected chi connectivity index (χ3v) is 5.63. The fourth-order valence-corrected chi connectivity index (χ4v) is 3.66. The van der Waals surface area contributed by atoms with Crippen molar-refractivity contribution in [2.75, 3.05) is 12.0 Å². The number of aliphatic hydroxyl groups is 1. The van der Waals surface area contributed by atoms with Crippen molar-refractivity contribution < 1.29 is 14.8 Å². The van der Waals surface area contributed by atoms with Crippen molar-refractivity contribution in [2.45, 2.75) is 26.0 Å². The van der Waals surface area contributed by atoms with Crippen LogP contribution in [0.5, 0.6) is 5.75 Å². The minimum atomic E-state index is -1.04. The molecule has 4 rings (SSSR count). The predicted octanol–water partition coefficient (Wildman–Crippen LogP) is 1.78. The average molecular weight is 508 g/mol. The summed E-state index contributed by atoms with van der Waals surface area (Å²) in [7, 11) is 1.45. The van der Waals surface area contributed by atoms with Crippen molar-refractivity contribution in [3.05, 3.63) is 90.6 Å². The number of nitrogens with zero attached hydrogens (tertiary/aromatic N) is 5. The van der Waals surface area contributed by atoms with Gasteiger partial charge in [-0.2, -0.15) is 10.1 Å². The molecule has 192 valence electrons. The van der Waals surface area contributed by atoms with Crippen LogP contribution in [0.15, 0.2) is 63.2 Å². The number of nitrogens with one attached hydrogen (secondary N) is 2. The maximum absolute atomic E-state index is 12.6. The SMILES string of the molecule is CCc1ccc(OC[C@H](O)Cn2c(NN=Cc3cccc([N+](=O)[O-])c3)nc3c2c(=O)[nH]c(=O)n3C)cc1. The number of hydrogen-bond donors (Lipinski definition) is 3. The van der Waals surface area contributed by atoms with Gasteiger partial charge in [0, 0.05) is 24.7 Å². The Bertz CT molecular complexity index is 1570. The Hall–Kier alpha value is -4.78. The quantitative estimate of drug-likeness (QED) is 0.166. The van der Waals surface area contributed by atoms with E-state index < -0.39 is 22.3 Å². The van der Waals surface area contributed by atoms with E-state index in [-0.39, 0.29) is 36.0 Å². The van der Waals surface area contributed by atoms with Gasteiger partial charge in [0.2, 0.25) is 5.95 Å². The minimum absolute atomic E-state index is 0.0569. The molecular formula is C24H25N7O6. The molecule has 4 aromatic rings. The van der Waals surface area contributed by atoms with Crippen LogP contribution < -0.4 is 21.4 Å². The molecule has 37 heavy (non-hydrogen) atoms. The Balaban J connectivity index is 1.59. The first-order valence-electron chi connectivity index (χ1n) is 11.4. The Kier molecular flexibility index (Phi) is 7.44. The lowest BCUT2D eigenvalue weighted by molar-refractivity contribution is -0.384. The van der Waals surface area contributed by atoms with Crippen molar-refractivity contribution in [1.29, 1.82) is 0 Å². The molecule has 1 atom stereocenters. The highest BCUT2D eigenvalue weighted by molar-refractivity contribution is 5.81. The van der Waals surface area contributed by atoms with Gasteiger partial charge in [-0.05, 0) is 24.1 Å². The smallest absolute Gasteiger partial charge is 0.329 e. The number of ether oxygens (including phenoxy) is 1. The molecule has 2 aromatic heterocycles. The molecule has 0 saturated heterocycles. The zero-order valence-corrected chi connectivity index (χ0v) is 20.1. The molecule has 2 heterocycles. The van der Waals surface area contributed by atoms with Gasteiger partial charge in [-0.25, -0.2) is 10.2 Å². The van der Waals surface area contributed by atoms with Crippen LogP contribution in [0.2, 0.25) is 0 Å². The molecule has 0 aliphatic rings.